The SMILES string of the molecule is CCCCCCOc1c(C)c(O)c2ccccc2c1O. The quantitative estimate of drug-likeness (QED) is 0.601. The zero-order valence-corrected chi connectivity index (χ0v) is 12.1. The highest BCUT2D eigenvalue weighted by molar-refractivity contribution is 5.96. The predicted octanol–water partition coefficient (Wildman–Crippen LogP) is 4.52. The molecule has 0 fully saturated rings. The number of benzene rings is 2. The van der Waals surface area contributed by atoms with Crippen molar-refractivity contribution in [3.8, 4) is 17.2 Å². The van der Waals surface area contributed by atoms with Crippen LogP contribution in [0.1, 0.15) is 38.2 Å². The zero-order valence-electron chi connectivity index (χ0n) is 12.1. The van der Waals surface area contributed by atoms with E-state index in [1.54, 1.807) is 19.1 Å². The molecule has 0 atom stereocenters. The number of fused-ring (bicyclic) bond motifs is 1. The maximum absolute atomic E-state index is 10.3. The van der Waals surface area contributed by atoms with Gasteiger partial charge in [0.25, 0.3) is 0 Å². The molecule has 0 aliphatic carbocycles. The van der Waals surface area contributed by atoms with Crippen LogP contribution in [0.4, 0.5) is 0 Å². The molecule has 0 saturated carbocycles. The molecule has 2 aromatic carbocycles. The van der Waals surface area contributed by atoms with Crippen LogP contribution in [0.3, 0.4) is 0 Å². The Kier molecular flexibility index (Phi) is 4.72. The predicted molar refractivity (Wildman–Crippen MR) is 81.7 cm³/mol. The molecule has 0 saturated heterocycles. The summed E-state index contributed by atoms with van der Waals surface area (Å²) in [4.78, 5) is 0. The van der Waals surface area contributed by atoms with Crippen LogP contribution in [0.2, 0.25) is 0 Å². The number of hydrogen-bond donors (Lipinski definition) is 2. The van der Waals surface area contributed by atoms with Crippen molar-refractivity contribution in [1.29, 1.82) is 0 Å². The van der Waals surface area contributed by atoms with Crippen LogP contribution in [0.15, 0.2) is 24.3 Å². The second-order valence-corrected chi connectivity index (χ2v) is 5.11. The first-order valence-corrected chi connectivity index (χ1v) is 7.22. The van der Waals surface area contributed by atoms with E-state index < -0.39 is 0 Å². The Morgan fingerprint density at radius 2 is 1.60 bits per heavy atom. The summed E-state index contributed by atoms with van der Waals surface area (Å²) in [5.41, 5.74) is 0.594. The molecule has 0 spiro atoms. The van der Waals surface area contributed by atoms with E-state index in [-0.39, 0.29) is 11.5 Å². The molecule has 20 heavy (non-hydrogen) atoms. The van der Waals surface area contributed by atoms with Crippen LogP contribution >= 0.6 is 0 Å². The molecule has 0 bridgehead atoms. The molecule has 0 amide bonds. The van der Waals surface area contributed by atoms with Gasteiger partial charge >= 0.3 is 0 Å². The van der Waals surface area contributed by atoms with Crippen molar-refractivity contribution in [2.45, 2.75) is 39.5 Å². The molecule has 0 radical (unpaired) electrons. The third-order valence-electron chi connectivity index (χ3n) is 3.59. The Hall–Kier alpha value is -1.90. The maximum atomic E-state index is 10.3. The number of phenols is 2. The van der Waals surface area contributed by atoms with E-state index in [1.807, 2.05) is 12.1 Å². The molecular formula is C17H22O3. The van der Waals surface area contributed by atoms with Crippen LogP contribution in [-0.4, -0.2) is 16.8 Å². The summed E-state index contributed by atoms with van der Waals surface area (Å²) in [6.45, 7) is 4.49. The third-order valence-corrected chi connectivity index (χ3v) is 3.59. The molecule has 0 unspecified atom stereocenters. The Balaban J connectivity index is 2.24. The van der Waals surface area contributed by atoms with E-state index in [4.69, 9.17) is 4.74 Å². The van der Waals surface area contributed by atoms with Gasteiger partial charge in [-0.1, -0.05) is 50.5 Å². The van der Waals surface area contributed by atoms with Crippen LogP contribution < -0.4 is 4.74 Å². The first kappa shape index (κ1) is 14.5. The average Bonchev–Trinajstić information content (AvgIpc) is 2.48. The van der Waals surface area contributed by atoms with Gasteiger partial charge in [-0.25, -0.2) is 0 Å². The summed E-state index contributed by atoms with van der Waals surface area (Å²) in [5.74, 6) is 0.700. The van der Waals surface area contributed by atoms with E-state index in [2.05, 4.69) is 6.92 Å². The lowest BCUT2D eigenvalue weighted by Crippen LogP contribution is -2.00. The lowest BCUT2D eigenvalue weighted by atomic mass is 10.0. The first-order valence-electron chi connectivity index (χ1n) is 7.22. The monoisotopic (exact) mass is 274 g/mol. The van der Waals surface area contributed by atoms with Gasteiger partial charge in [0.15, 0.2) is 11.5 Å². The molecule has 0 aliphatic rings. The highest BCUT2D eigenvalue weighted by Gasteiger charge is 2.16. The lowest BCUT2D eigenvalue weighted by molar-refractivity contribution is 0.287. The van der Waals surface area contributed by atoms with Gasteiger partial charge in [0, 0.05) is 16.3 Å². The van der Waals surface area contributed by atoms with E-state index >= 15 is 0 Å². The zero-order chi connectivity index (χ0) is 14.5. The number of ether oxygens (including phenoxy) is 1. The number of aromatic hydroxyl groups is 2. The number of unbranched alkanes of at least 4 members (excludes halogenated alkanes) is 3. The first-order chi connectivity index (χ1) is 9.66. The summed E-state index contributed by atoms with van der Waals surface area (Å²) in [6, 6.07) is 7.25. The second-order valence-electron chi connectivity index (χ2n) is 5.11. The Bertz CT molecular complexity index is 590. The summed E-state index contributed by atoms with van der Waals surface area (Å²) >= 11 is 0. The number of phenolic OH excluding ortho intramolecular Hbond substituents is 2. The fourth-order valence-corrected chi connectivity index (χ4v) is 2.39. The van der Waals surface area contributed by atoms with Crippen molar-refractivity contribution >= 4 is 10.8 Å². The molecule has 0 aromatic heterocycles. The van der Waals surface area contributed by atoms with E-state index in [0.29, 0.717) is 28.7 Å². The van der Waals surface area contributed by atoms with Crippen molar-refractivity contribution in [1.82, 2.24) is 0 Å². The van der Waals surface area contributed by atoms with Crippen molar-refractivity contribution in [3.63, 3.8) is 0 Å². The van der Waals surface area contributed by atoms with Gasteiger partial charge in [-0.15, -0.1) is 0 Å². The Morgan fingerprint density at radius 3 is 2.25 bits per heavy atom. The molecule has 0 heterocycles. The van der Waals surface area contributed by atoms with Gasteiger partial charge in [0.1, 0.15) is 5.75 Å². The molecule has 0 aliphatic heterocycles. The van der Waals surface area contributed by atoms with E-state index in [9.17, 15) is 10.2 Å². The van der Waals surface area contributed by atoms with Crippen molar-refractivity contribution in [3.05, 3.63) is 29.8 Å². The summed E-state index contributed by atoms with van der Waals surface area (Å²) in [5, 5.41) is 21.8. The molecule has 108 valence electrons. The second kappa shape index (κ2) is 6.51. The van der Waals surface area contributed by atoms with Crippen molar-refractivity contribution in [2.75, 3.05) is 6.61 Å². The molecule has 3 nitrogen and oxygen atoms in total. The topological polar surface area (TPSA) is 49.7 Å². The minimum Gasteiger partial charge on any atom is -0.507 e. The average molecular weight is 274 g/mol. The molecule has 3 heteroatoms. The Labute approximate surface area is 119 Å². The molecular weight excluding hydrogens is 252 g/mol. The summed E-state index contributed by atoms with van der Waals surface area (Å²) in [7, 11) is 0. The van der Waals surface area contributed by atoms with Crippen molar-refractivity contribution in [2.24, 2.45) is 0 Å². The summed E-state index contributed by atoms with van der Waals surface area (Å²) < 4.78 is 5.69. The van der Waals surface area contributed by atoms with E-state index in [0.717, 1.165) is 12.8 Å². The van der Waals surface area contributed by atoms with Gasteiger partial charge in [-0.3, -0.25) is 0 Å². The molecule has 2 rings (SSSR count). The standard InChI is InChI=1S/C17H22O3/c1-3-4-5-8-11-20-17-12(2)15(18)13-9-6-7-10-14(13)16(17)19/h6-7,9-10,18-19H,3-5,8,11H2,1-2H3. The van der Waals surface area contributed by atoms with Gasteiger partial charge in [0.2, 0.25) is 0 Å². The fraction of sp³-hybridized carbons (Fsp3) is 0.412. The third kappa shape index (κ3) is 2.82. The normalized spacial score (nSPS) is 10.9. The lowest BCUT2D eigenvalue weighted by Gasteiger charge is -2.15. The van der Waals surface area contributed by atoms with E-state index in [1.165, 1.54) is 12.8 Å². The van der Waals surface area contributed by atoms with Crippen LogP contribution in [-0.2, 0) is 0 Å². The van der Waals surface area contributed by atoms with Crippen LogP contribution in [0, 0.1) is 6.92 Å². The highest BCUT2D eigenvalue weighted by atomic mass is 16.5. The minimum atomic E-state index is 0.117. The number of rotatable bonds is 6. The van der Waals surface area contributed by atoms with Gasteiger partial charge in [-0.05, 0) is 13.3 Å². The molecule has 2 N–H and O–H groups in total. The van der Waals surface area contributed by atoms with Gasteiger partial charge < -0.3 is 14.9 Å². The number of hydrogen-bond acceptors (Lipinski definition) is 3. The minimum absolute atomic E-state index is 0.117. The van der Waals surface area contributed by atoms with Crippen molar-refractivity contribution < 1.29 is 14.9 Å². The summed E-state index contributed by atoms with van der Waals surface area (Å²) in [6.07, 6.45) is 4.45. The van der Waals surface area contributed by atoms with Gasteiger partial charge in [-0.2, -0.15) is 0 Å². The highest BCUT2D eigenvalue weighted by Crippen LogP contribution is 2.44. The maximum Gasteiger partial charge on any atom is 0.168 e. The van der Waals surface area contributed by atoms with Crippen LogP contribution in [0.25, 0.3) is 10.8 Å². The fourth-order valence-electron chi connectivity index (χ4n) is 2.39. The molecule has 2 aromatic rings. The van der Waals surface area contributed by atoms with Crippen LogP contribution in [0.5, 0.6) is 17.2 Å². The smallest absolute Gasteiger partial charge is 0.168 e. The largest absolute Gasteiger partial charge is 0.507 e. The van der Waals surface area contributed by atoms with Gasteiger partial charge in [0.05, 0.1) is 6.61 Å². The Morgan fingerprint density at radius 1 is 0.950 bits per heavy atom.